The second-order valence-electron chi connectivity index (χ2n) is 8.13. The molecule has 3 aromatic rings. The maximum absolute atomic E-state index is 13.0. The first-order valence-electron chi connectivity index (χ1n) is 11.0. The number of hydrogen-bond acceptors (Lipinski definition) is 8. The molecular weight excluding hydrogens is 472 g/mol. The number of ether oxygens (including phenoxy) is 2. The van der Waals surface area contributed by atoms with Crippen LogP contribution in [0.15, 0.2) is 45.8 Å². The minimum atomic E-state index is -3.99. The Kier molecular flexibility index (Phi) is 7.14. The SMILES string of the molecule is C#CC(=O)NC1CCN(Cc2cc(OC)c3c(NS(=O)(=O)c4ccccc4OC)noc3c2)CC1. The predicted molar refractivity (Wildman–Crippen MR) is 130 cm³/mol. The molecule has 0 radical (unpaired) electrons. The van der Waals surface area contributed by atoms with Crippen molar-refractivity contribution in [2.24, 2.45) is 0 Å². The predicted octanol–water partition coefficient (Wildman–Crippen LogP) is 2.36. The van der Waals surface area contributed by atoms with E-state index in [1.807, 2.05) is 12.1 Å². The van der Waals surface area contributed by atoms with Gasteiger partial charge in [-0.15, -0.1) is 6.42 Å². The van der Waals surface area contributed by atoms with E-state index in [0.29, 0.717) is 23.3 Å². The molecule has 1 aliphatic heterocycles. The number of aromatic nitrogens is 1. The van der Waals surface area contributed by atoms with Gasteiger partial charge >= 0.3 is 0 Å². The Morgan fingerprint density at radius 3 is 2.60 bits per heavy atom. The summed E-state index contributed by atoms with van der Waals surface area (Å²) in [6, 6.07) is 10.0. The fraction of sp³-hybridized carbons (Fsp3) is 0.333. The Labute approximate surface area is 203 Å². The lowest BCUT2D eigenvalue weighted by Crippen LogP contribution is -2.44. The van der Waals surface area contributed by atoms with Gasteiger partial charge in [-0.1, -0.05) is 17.3 Å². The van der Waals surface area contributed by atoms with E-state index in [0.717, 1.165) is 31.5 Å². The summed E-state index contributed by atoms with van der Waals surface area (Å²) >= 11 is 0. The fourth-order valence-corrected chi connectivity index (χ4v) is 5.33. The Morgan fingerprint density at radius 1 is 1.20 bits per heavy atom. The van der Waals surface area contributed by atoms with E-state index in [1.165, 1.54) is 20.3 Å². The van der Waals surface area contributed by atoms with Crippen molar-refractivity contribution in [3.8, 4) is 23.8 Å². The standard InChI is InChI=1S/C24H26N4O6S/c1-4-22(29)25-17-9-11-28(12-10-17)15-16-13-19(33-3)23-20(14-16)34-26-24(23)27-35(30,31)21-8-6-5-7-18(21)32-2/h1,5-8,13-14,17H,9-12,15H2,2-3H3,(H,25,29)(H,26,27). The highest BCUT2D eigenvalue weighted by atomic mass is 32.2. The molecule has 1 amide bonds. The molecule has 0 aliphatic carbocycles. The lowest BCUT2D eigenvalue weighted by molar-refractivity contribution is -0.116. The van der Waals surface area contributed by atoms with Gasteiger partial charge in [0, 0.05) is 25.7 Å². The molecule has 35 heavy (non-hydrogen) atoms. The van der Waals surface area contributed by atoms with Gasteiger partial charge in [0.25, 0.3) is 15.9 Å². The van der Waals surface area contributed by atoms with Crippen molar-refractivity contribution in [2.75, 3.05) is 32.0 Å². The fourth-order valence-electron chi connectivity index (χ4n) is 4.16. The number of para-hydroxylation sites is 1. The average Bonchev–Trinajstić information content (AvgIpc) is 3.26. The lowest BCUT2D eigenvalue weighted by Gasteiger charge is -2.32. The van der Waals surface area contributed by atoms with Crippen LogP contribution in [0.4, 0.5) is 5.82 Å². The van der Waals surface area contributed by atoms with E-state index in [4.69, 9.17) is 20.4 Å². The monoisotopic (exact) mass is 498 g/mol. The molecule has 0 saturated carbocycles. The van der Waals surface area contributed by atoms with E-state index in [9.17, 15) is 13.2 Å². The molecule has 1 saturated heterocycles. The van der Waals surface area contributed by atoms with Crippen LogP contribution < -0.4 is 19.5 Å². The van der Waals surface area contributed by atoms with E-state index < -0.39 is 10.0 Å². The van der Waals surface area contributed by atoms with E-state index in [1.54, 1.807) is 18.2 Å². The molecule has 0 bridgehead atoms. The third kappa shape index (κ3) is 5.34. The molecule has 0 unspecified atom stereocenters. The number of sulfonamides is 1. The highest BCUT2D eigenvalue weighted by Crippen LogP contribution is 2.36. The van der Waals surface area contributed by atoms with Crippen LogP contribution in [0.3, 0.4) is 0 Å². The quantitative estimate of drug-likeness (QED) is 0.454. The third-order valence-electron chi connectivity index (χ3n) is 5.87. The number of anilines is 1. The largest absolute Gasteiger partial charge is 0.496 e. The van der Waals surface area contributed by atoms with Crippen molar-refractivity contribution in [3.63, 3.8) is 0 Å². The summed E-state index contributed by atoms with van der Waals surface area (Å²) in [7, 11) is -1.09. The van der Waals surface area contributed by atoms with Crippen molar-refractivity contribution >= 4 is 32.7 Å². The molecule has 10 nitrogen and oxygen atoms in total. The first kappa shape index (κ1) is 24.4. The van der Waals surface area contributed by atoms with Gasteiger partial charge in [0.15, 0.2) is 11.4 Å². The van der Waals surface area contributed by atoms with Gasteiger partial charge in [0.1, 0.15) is 21.8 Å². The zero-order valence-corrected chi connectivity index (χ0v) is 20.2. The number of benzene rings is 2. The number of nitrogens with zero attached hydrogens (tertiary/aromatic N) is 2. The number of piperidine rings is 1. The summed E-state index contributed by atoms with van der Waals surface area (Å²) in [4.78, 5) is 13.6. The van der Waals surface area contributed by atoms with Gasteiger partial charge in [-0.3, -0.25) is 14.4 Å². The molecular formula is C24H26N4O6S. The highest BCUT2D eigenvalue weighted by Gasteiger charge is 2.25. The number of fused-ring (bicyclic) bond motifs is 1. The van der Waals surface area contributed by atoms with E-state index in [-0.39, 0.29) is 28.4 Å². The zero-order chi connectivity index (χ0) is 25.0. The number of likely N-dealkylation sites (tertiary alicyclic amines) is 1. The normalized spacial score (nSPS) is 14.9. The highest BCUT2D eigenvalue weighted by molar-refractivity contribution is 7.92. The number of carbonyl (C=O) groups is 1. The lowest BCUT2D eigenvalue weighted by atomic mass is 10.0. The Hall–Kier alpha value is -3.75. The van der Waals surface area contributed by atoms with Crippen molar-refractivity contribution in [1.29, 1.82) is 0 Å². The van der Waals surface area contributed by atoms with Gasteiger partial charge in [-0.2, -0.15) is 0 Å². The van der Waals surface area contributed by atoms with Gasteiger partial charge in [0.2, 0.25) is 0 Å². The van der Waals surface area contributed by atoms with Crippen LogP contribution in [-0.2, 0) is 21.4 Å². The summed E-state index contributed by atoms with van der Waals surface area (Å²) in [5, 5.41) is 7.20. The Bertz CT molecular complexity index is 1370. The summed E-state index contributed by atoms with van der Waals surface area (Å²) in [5.41, 5.74) is 1.32. The Morgan fingerprint density at radius 2 is 1.91 bits per heavy atom. The smallest absolute Gasteiger partial charge is 0.295 e. The number of hydrogen-bond donors (Lipinski definition) is 2. The van der Waals surface area contributed by atoms with Gasteiger partial charge < -0.3 is 19.3 Å². The maximum atomic E-state index is 13.0. The summed E-state index contributed by atoms with van der Waals surface area (Å²) in [6.45, 7) is 2.21. The summed E-state index contributed by atoms with van der Waals surface area (Å²) in [5.74, 6) is 2.37. The average molecular weight is 499 g/mol. The number of rotatable bonds is 8. The molecule has 184 valence electrons. The molecule has 1 fully saturated rings. The maximum Gasteiger partial charge on any atom is 0.295 e. The van der Waals surface area contributed by atoms with Gasteiger partial charge in [0.05, 0.1) is 14.2 Å². The molecule has 11 heteroatoms. The zero-order valence-electron chi connectivity index (χ0n) is 19.4. The molecule has 0 atom stereocenters. The molecule has 2 aromatic carbocycles. The second-order valence-corrected chi connectivity index (χ2v) is 9.78. The Balaban J connectivity index is 1.53. The van der Waals surface area contributed by atoms with Crippen molar-refractivity contribution < 1.29 is 27.2 Å². The van der Waals surface area contributed by atoms with Crippen LogP contribution in [0.2, 0.25) is 0 Å². The molecule has 2 heterocycles. The minimum absolute atomic E-state index is 0.0175. The van der Waals surface area contributed by atoms with Crippen LogP contribution in [0.25, 0.3) is 11.0 Å². The third-order valence-corrected chi connectivity index (χ3v) is 7.25. The molecule has 4 rings (SSSR count). The van der Waals surface area contributed by atoms with E-state index in [2.05, 4.69) is 26.0 Å². The van der Waals surface area contributed by atoms with Gasteiger partial charge in [-0.25, -0.2) is 8.42 Å². The van der Waals surface area contributed by atoms with Crippen molar-refractivity contribution in [3.05, 3.63) is 42.0 Å². The number of methoxy groups -OCH3 is 2. The molecule has 1 aromatic heterocycles. The first-order valence-corrected chi connectivity index (χ1v) is 12.4. The van der Waals surface area contributed by atoms with Crippen LogP contribution in [0.1, 0.15) is 18.4 Å². The first-order chi connectivity index (χ1) is 16.8. The van der Waals surface area contributed by atoms with Crippen molar-refractivity contribution in [2.45, 2.75) is 30.3 Å². The number of amides is 1. The number of nitrogens with one attached hydrogen (secondary N) is 2. The van der Waals surface area contributed by atoms with Crippen LogP contribution in [0, 0.1) is 12.3 Å². The molecule has 1 aliphatic rings. The number of carbonyl (C=O) groups excluding carboxylic acids is 1. The molecule has 2 N–H and O–H groups in total. The minimum Gasteiger partial charge on any atom is -0.496 e. The second kappa shape index (κ2) is 10.2. The molecule has 0 spiro atoms. The van der Waals surface area contributed by atoms with Crippen LogP contribution >= 0.6 is 0 Å². The van der Waals surface area contributed by atoms with Crippen LogP contribution in [-0.4, -0.2) is 57.7 Å². The summed E-state index contributed by atoms with van der Waals surface area (Å²) in [6.07, 6.45) is 6.72. The van der Waals surface area contributed by atoms with Crippen molar-refractivity contribution in [1.82, 2.24) is 15.4 Å². The van der Waals surface area contributed by atoms with Crippen LogP contribution in [0.5, 0.6) is 11.5 Å². The number of terminal acetylenes is 1. The summed E-state index contributed by atoms with van der Waals surface area (Å²) < 4.78 is 44.7. The van der Waals surface area contributed by atoms with Gasteiger partial charge in [-0.05, 0) is 48.6 Å². The van der Waals surface area contributed by atoms with E-state index >= 15 is 0 Å². The topological polar surface area (TPSA) is 123 Å².